The van der Waals surface area contributed by atoms with E-state index in [4.69, 9.17) is 0 Å². The highest BCUT2D eigenvalue weighted by Gasteiger charge is 2.36. The highest BCUT2D eigenvalue weighted by Crippen LogP contribution is 2.28. The molecule has 0 aliphatic carbocycles. The smallest absolute Gasteiger partial charge is 0.245 e. The van der Waals surface area contributed by atoms with Gasteiger partial charge in [0.15, 0.2) is 0 Å². The van der Waals surface area contributed by atoms with Crippen LogP contribution in [0, 0.1) is 5.92 Å². The molecule has 6 nitrogen and oxygen atoms in total. The van der Waals surface area contributed by atoms with E-state index in [0.29, 0.717) is 6.04 Å². The third-order valence-electron chi connectivity index (χ3n) is 4.25. The van der Waals surface area contributed by atoms with Gasteiger partial charge in [-0.2, -0.15) is 4.98 Å². The SMILES string of the molecule is CN(C)CCc1nc(N2CCCC3CNCC32)n[nH]1. The Bertz CT molecular complexity index is 415. The number of anilines is 1. The Morgan fingerprint density at radius 3 is 3.11 bits per heavy atom. The van der Waals surface area contributed by atoms with E-state index in [1.54, 1.807) is 0 Å². The number of nitrogens with one attached hydrogen (secondary N) is 2. The van der Waals surface area contributed by atoms with Crippen LogP contribution in [0.25, 0.3) is 0 Å². The van der Waals surface area contributed by atoms with E-state index in [2.05, 4.69) is 44.4 Å². The quantitative estimate of drug-likeness (QED) is 0.807. The standard InChI is InChI=1S/C13H24N6/c1-18(2)7-5-12-15-13(17-16-12)19-6-3-4-10-8-14-9-11(10)19/h10-11,14H,3-9H2,1-2H3,(H,15,16,17). The molecule has 6 heteroatoms. The summed E-state index contributed by atoms with van der Waals surface area (Å²) in [4.78, 5) is 9.23. The summed E-state index contributed by atoms with van der Waals surface area (Å²) in [5.41, 5.74) is 0. The first-order chi connectivity index (χ1) is 9.24. The summed E-state index contributed by atoms with van der Waals surface area (Å²) in [6.07, 6.45) is 3.52. The summed E-state index contributed by atoms with van der Waals surface area (Å²) in [5.74, 6) is 2.67. The van der Waals surface area contributed by atoms with Crippen LogP contribution in [0.2, 0.25) is 0 Å². The van der Waals surface area contributed by atoms with Gasteiger partial charge in [-0.15, -0.1) is 5.10 Å². The molecule has 0 amide bonds. The van der Waals surface area contributed by atoms with E-state index < -0.39 is 0 Å². The van der Waals surface area contributed by atoms with Gasteiger partial charge in [0.1, 0.15) is 5.82 Å². The molecule has 1 aromatic heterocycles. The molecule has 106 valence electrons. The second-order valence-corrected chi connectivity index (χ2v) is 5.96. The van der Waals surface area contributed by atoms with E-state index in [0.717, 1.165) is 50.3 Å². The average molecular weight is 264 g/mol. The van der Waals surface area contributed by atoms with Crippen LogP contribution in [0.5, 0.6) is 0 Å². The van der Waals surface area contributed by atoms with Gasteiger partial charge in [0.25, 0.3) is 0 Å². The molecule has 19 heavy (non-hydrogen) atoms. The highest BCUT2D eigenvalue weighted by molar-refractivity contribution is 5.33. The monoisotopic (exact) mass is 264 g/mol. The molecule has 3 rings (SSSR count). The number of hydrogen-bond acceptors (Lipinski definition) is 5. The number of rotatable bonds is 4. The van der Waals surface area contributed by atoms with Crippen molar-refractivity contribution in [2.24, 2.45) is 5.92 Å². The predicted molar refractivity (Wildman–Crippen MR) is 75.4 cm³/mol. The predicted octanol–water partition coefficient (Wildman–Crippen LogP) is 0.0970. The number of H-pyrrole nitrogens is 1. The number of piperidine rings is 1. The van der Waals surface area contributed by atoms with Gasteiger partial charge in [-0.3, -0.25) is 5.10 Å². The van der Waals surface area contributed by atoms with Crippen LogP contribution in [0.3, 0.4) is 0 Å². The van der Waals surface area contributed by atoms with Crippen molar-refractivity contribution in [1.29, 1.82) is 0 Å². The molecule has 1 aromatic rings. The van der Waals surface area contributed by atoms with E-state index in [1.165, 1.54) is 12.8 Å². The first-order valence-corrected chi connectivity index (χ1v) is 7.27. The van der Waals surface area contributed by atoms with Crippen molar-refractivity contribution in [3.63, 3.8) is 0 Å². The average Bonchev–Trinajstić information content (AvgIpc) is 3.04. The summed E-state index contributed by atoms with van der Waals surface area (Å²) in [6, 6.07) is 0.589. The van der Waals surface area contributed by atoms with Crippen molar-refractivity contribution in [3.05, 3.63) is 5.82 Å². The molecule has 2 N–H and O–H groups in total. The molecular formula is C13H24N6. The van der Waals surface area contributed by atoms with Gasteiger partial charge >= 0.3 is 0 Å². The minimum atomic E-state index is 0.589. The molecule has 0 bridgehead atoms. The summed E-state index contributed by atoms with van der Waals surface area (Å²) < 4.78 is 0. The Kier molecular flexibility index (Phi) is 3.70. The molecule has 2 aliphatic heterocycles. The molecule has 3 heterocycles. The topological polar surface area (TPSA) is 60.1 Å². The largest absolute Gasteiger partial charge is 0.335 e. The number of aromatic nitrogens is 3. The zero-order valence-electron chi connectivity index (χ0n) is 11.9. The van der Waals surface area contributed by atoms with Crippen molar-refractivity contribution in [2.45, 2.75) is 25.3 Å². The fraction of sp³-hybridized carbons (Fsp3) is 0.846. The molecule has 0 saturated carbocycles. The number of likely N-dealkylation sites (N-methyl/N-ethyl adjacent to an activating group) is 1. The van der Waals surface area contributed by atoms with Gasteiger partial charge in [-0.05, 0) is 32.9 Å². The maximum atomic E-state index is 4.67. The van der Waals surface area contributed by atoms with Crippen LogP contribution in [-0.4, -0.2) is 66.4 Å². The van der Waals surface area contributed by atoms with Gasteiger partial charge in [-0.1, -0.05) is 0 Å². The summed E-state index contributed by atoms with van der Waals surface area (Å²) >= 11 is 0. The maximum absolute atomic E-state index is 4.67. The minimum Gasteiger partial charge on any atom is -0.335 e. The lowest BCUT2D eigenvalue weighted by atomic mass is 9.92. The van der Waals surface area contributed by atoms with Gasteiger partial charge in [0.2, 0.25) is 5.95 Å². The number of fused-ring (bicyclic) bond motifs is 1. The molecule has 0 radical (unpaired) electrons. The second kappa shape index (κ2) is 5.46. The Labute approximate surface area is 114 Å². The van der Waals surface area contributed by atoms with Crippen LogP contribution >= 0.6 is 0 Å². The molecule has 2 fully saturated rings. The lowest BCUT2D eigenvalue weighted by Crippen LogP contribution is -2.45. The Morgan fingerprint density at radius 1 is 1.37 bits per heavy atom. The number of nitrogens with zero attached hydrogens (tertiary/aromatic N) is 4. The number of hydrogen-bond donors (Lipinski definition) is 2. The van der Waals surface area contributed by atoms with Crippen molar-refractivity contribution in [1.82, 2.24) is 25.4 Å². The van der Waals surface area contributed by atoms with Crippen molar-refractivity contribution in [2.75, 3.05) is 45.2 Å². The molecule has 0 spiro atoms. The fourth-order valence-corrected chi connectivity index (χ4v) is 3.17. The van der Waals surface area contributed by atoms with Gasteiger partial charge in [0.05, 0.1) is 0 Å². The van der Waals surface area contributed by atoms with E-state index in [1.807, 2.05) is 0 Å². The van der Waals surface area contributed by atoms with Crippen molar-refractivity contribution >= 4 is 5.95 Å². The van der Waals surface area contributed by atoms with Gasteiger partial charge < -0.3 is 15.1 Å². The van der Waals surface area contributed by atoms with Gasteiger partial charge in [0, 0.05) is 38.6 Å². The Hall–Kier alpha value is -1.14. The summed E-state index contributed by atoms with van der Waals surface area (Å²) in [5, 5.41) is 11.0. The summed E-state index contributed by atoms with van der Waals surface area (Å²) in [7, 11) is 4.16. The van der Waals surface area contributed by atoms with Crippen molar-refractivity contribution < 1.29 is 0 Å². The third-order valence-corrected chi connectivity index (χ3v) is 4.25. The van der Waals surface area contributed by atoms with Crippen LogP contribution in [0.15, 0.2) is 0 Å². The van der Waals surface area contributed by atoms with Gasteiger partial charge in [-0.25, -0.2) is 0 Å². The maximum Gasteiger partial charge on any atom is 0.245 e. The normalized spacial score (nSPS) is 27.0. The van der Waals surface area contributed by atoms with Crippen LogP contribution < -0.4 is 10.2 Å². The zero-order chi connectivity index (χ0) is 13.2. The zero-order valence-corrected chi connectivity index (χ0v) is 11.9. The van der Waals surface area contributed by atoms with E-state index >= 15 is 0 Å². The number of aromatic amines is 1. The first kappa shape index (κ1) is 12.9. The molecule has 0 aromatic carbocycles. The van der Waals surface area contributed by atoms with Crippen LogP contribution in [0.4, 0.5) is 5.95 Å². The minimum absolute atomic E-state index is 0.589. The Morgan fingerprint density at radius 2 is 2.26 bits per heavy atom. The summed E-state index contributed by atoms with van der Waals surface area (Å²) in [6.45, 7) is 4.32. The molecule has 2 saturated heterocycles. The van der Waals surface area contributed by atoms with E-state index in [-0.39, 0.29) is 0 Å². The first-order valence-electron chi connectivity index (χ1n) is 7.27. The van der Waals surface area contributed by atoms with Crippen LogP contribution in [0.1, 0.15) is 18.7 Å². The van der Waals surface area contributed by atoms with E-state index in [9.17, 15) is 0 Å². The molecule has 2 unspecified atom stereocenters. The molecule has 2 atom stereocenters. The molecular weight excluding hydrogens is 240 g/mol. The lowest BCUT2D eigenvalue weighted by Gasteiger charge is -2.36. The van der Waals surface area contributed by atoms with Crippen LogP contribution in [-0.2, 0) is 6.42 Å². The molecule has 2 aliphatic rings. The highest BCUT2D eigenvalue weighted by atomic mass is 15.4. The fourth-order valence-electron chi connectivity index (χ4n) is 3.17. The third kappa shape index (κ3) is 2.74. The van der Waals surface area contributed by atoms with Crippen molar-refractivity contribution in [3.8, 4) is 0 Å². The Balaban J connectivity index is 1.67. The lowest BCUT2D eigenvalue weighted by molar-refractivity contribution is 0.381. The second-order valence-electron chi connectivity index (χ2n) is 5.96.